The zero-order chi connectivity index (χ0) is 52.1. The summed E-state index contributed by atoms with van der Waals surface area (Å²) in [6, 6.07) is 82.5. The number of carbonyl (C=O) groups is 1. The third kappa shape index (κ3) is 10.9. The SMILES string of the molecule is CCCc1ccc(N(c2ccc(-c3ccccc3)cc2)c2ccc(-c3ccc(-c4nc5sc(-c6ccc(-c7ccc(N(c8ccc(CCC(=O)OC)cc8)c8ccc(-c9ccccc9)cc8)cc7)s6)nc5s4)s3)cc2)cc1. The van der Waals surface area contributed by atoms with Crippen molar-refractivity contribution in [2.24, 2.45) is 0 Å². The van der Waals surface area contributed by atoms with E-state index in [0.29, 0.717) is 12.8 Å². The maximum absolute atomic E-state index is 11.9. The molecule has 0 amide bonds. The lowest BCUT2D eigenvalue weighted by molar-refractivity contribution is -0.140. The molecule has 0 spiro atoms. The maximum Gasteiger partial charge on any atom is 0.305 e. The Morgan fingerprint density at radius 1 is 0.377 bits per heavy atom. The molecule has 10 heteroatoms. The molecule has 77 heavy (non-hydrogen) atoms. The van der Waals surface area contributed by atoms with Gasteiger partial charge in [0.1, 0.15) is 10.0 Å². The molecule has 12 rings (SSSR count). The Hall–Kier alpha value is -8.25. The molecular formula is C67H52N4O2S4. The average molecular weight is 1070 g/mol. The number of ether oxygens (including phenoxy) is 1. The van der Waals surface area contributed by atoms with Gasteiger partial charge in [0.2, 0.25) is 0 Å². The first-order chi connectivity index (χ1) is 37.9. The van der Waals surface area contributed by atoms with Crippen molar-refractivity contribution in [2.45, 2.75) is 32.6 Å². The van der Waals surface area contributed by atoms with Crippen LogP contribution in [0.2, 0.25) is 0 Å². The number of fused-ring (bicyclic) bond motifs is 1. The summed E-state index contributed by atoms with van der Waals surface area (Å²) in [5.74, 6) is -0.206. The fourth-order valence-corrected chi connectivity index (χ4v) is 13.8. The summed E-state index contributed by atoms with van der Waals surface area (Å²) in [6.45, 7) is 2.23. The smallest absolute Gasteiger partial charge is 0.305 e. The highest BCUT2D eigenvalue weighted by atomic mass is 32.1. The third-order valence-electron chi connectivity index (χ3n) is 13.7. The van der Waals surface area contributed by atoms with Gasteiger partial charge in [0.05, 0.1) is 16.9 Å². The normalized spacial score (nSPS) is 11.2. The minimum absolute atomic E-state index is 0.206. The minimum Gasteiger partial charge on any atom is -0.469 e. The summed E-state index contributed by atoms with van der Waals surface area (Å²) in [6.07, 6.45) is 3.18. The van der Waals surface area contributed by atoms with E-state index in [1.165, 1.54) is 44.7 Å². The van der Waals surface area contributed by atoms with Gasteiger partial charge in [-0.2, -0.15) is 0 Å². The molecule has 0 radical (unpaired) electrons. The third-order valence-corrected chi connectivity index (χ3v) is 18.3. The van der Waals surface area contributed by atoms with Gasteiger partial charge in [-0.15, -0.1) is 22.7 Å². The van der Waals surface area contributed by atoms with Crippen molar-refractivity contribution >= 4 is 95.1 Å². The summed E-state index contributed by atoms with van der Waals surface area (Å²) in [5, 5.41) is 1.99. The number of rotatable bonds is 17. The molecule has 8 aromatic carbocycles. The monoisotopic (exact) mass is 1070 g/mol. The van der Waals surface area contributed by atoms with Crippen LogP contribution in [0, 0.1) is 0 Å². The van der Waals surface area contributed by atoms with Crippen LogP contribution in [0.15, 0.2) is 231 Å². The molecule has 4 aromatic heterocycles. The van der Waals surface area contributed by atoms with Crippen LogP contribution in [0.3, 0.4) is 0 Å². The number of aryl methyl sites for hydroxylation is 2. The molecule has 0 bridgehead atoms. The van der Waals surface area contributed by atoms with Crippen LogP contribution >= 0.6 is 45.3 Å². The molecule has 0 N–H and O–H groups in total. The quantitative estimate of drug-likeness (QED) is 0.0847. The van der Waals surface area contributed by atoms with Crippen LogP contribution in [0.25, 0.3) is 72.6 Å². The summed E-state index contributed by atoms with van der Waals surface area (Å²) < 4.78 is 4.88. The van der Waals surface area contributed by atoms with E-state index in [1.54, 1.807) is 45.3 Å². The Kier molecular flexibility index (Phi) is 14.5. The lowest BCUT2D eigenvalue weighted by Crippen LogP contribution is -2.10. The second-order valence-electron chi connectivity index (χ2n) is 18.7. The standard InChI is InChI=1S/C67H52N4O2S4/c1-3-10-45-15-28-53(29-16-45)70(55-32-20-49(21-33-55)47-11-6-4-7-12-47)57-36-24-51(25-37-57)59-40-42-61(74-59)64-68-66-67(76-64)69-65(77-66)62-43-41-60(75-62)52-26-38-58(39-27-52)71(54-30-17-46(18-31-54)19-44-63(72)73-2)56-34-22-50(23-35-56)48-13-8-5-9-14-48/h4-9,11-18,20-43H,3,10,19,44H2,1-2H3. The molecule has 0 atom stereocenters. The molecule has 0 saturated carbocycles. The Balaban J connectivity index is 0.748. The number of thiophene rings is 2. The predicted octanol–water partition coefficient (Wildman–Crippen LogP) is 19.9. The number of thiazole rings is 2. The molecule has 0 unspecified atom stereocenters. The van der Waals surface area contributed by atoms with Crippen molar-refractivity contribution in [2.75, 3.05) is 16.9 Å². The van der Waals surface area contributed by atoms with Crippen molar-refractivity contribution in [3.63, 3.8) is 0 Å². The molecule has 0 aliphatic carbocycles. The molecule has 6 nitrogen and oxygen atoms in total. The highest BCUT2D eigenvalue weighted by Crippen LogP contribution is 2.45. The van der Waals surface area contributed by atoms with E-state index >= 15 is 0 Å². The topological polar surface area (TPSA) is 58.6 Å². The van der Waals surface area contributed by atoms with Crippen molar-refractivity contribution in [3.05, 3.63) is 242 Å². The van der Waals surface area contributed by atoms with Crippen LogP contribution in [0.5, 0.6) is 0 Å². The molecule has 4 heterocycles. The maximum atomic E-state index is 11.9. The van der Waals surface area contributed by atoms with E-state index in [4.69, 9.17) is 14.7 Å². The van der Waals surface area contributed by atoms with Crippen LogP contribution in [0.1, 0.15) is 30.9 Å². The van der Waals surface area contributed by atoms with E-state index in [9.17, 15) is 4.79 Å². The van der Waals surface area contributed by atoms with Gasteiger partial charge in [-0.25, -0.2) is 9.97 Å². The highest BCUT2D eigenvalue weighted by Gasteiger charge is 2.19. The van der Waals surface area contributed by atoms with Gasteiger partial charge in [0, 0.05) is 50.3 Å². The second kappa shape index (κ2) is 22.5. The van der Waals surface area contributed by atoms with E-state index < -0.39 is 0 Å². The fourth-order valence-electron chi connectivity index (χ4n) is 9.64. The van der Waals surface area contributed by atoms with Crippen molar-refractivity contribution in [1.82, 2.24) is 9.97 Å². The lowest BCUT2D eigenvalue weighted by Gasteiger charge is -2.26. The zero-order valence-corrected chi connectivity index (χ0v) is 45.8. The first kappa shape index (κ1) is 49.6. The number of methoxy groups -OCH3 is 1. The second-order valence-corrected chi connectivity index (χ2v) is 22.8. The van der Waals surface area contributed by atoms with E-state index in [1.807, 2.05) is 6.07 Å². The van der Waals surface area contributed by atoms with E-state index in [2.05, 4.69) is 241 Å². The van der Waals surface area contributed by atoms with Crippen molar-refractivity contribution in [1.29, 1.82) is 0 Å². The summed E-state index contributed by atoms with van der Waals surface area (Å²) in [5.41, 5.74) is 16.0. The number of esters is 1. The van der Waals surface area contributed by atoms with Gasteiger partial charge in [-0.05, 0) is 154 Å². The lowest BCUT2D eigenvalue weighted by atomic mass is 10.0. The Bertz CT molecular complexity index is 3870. The number of hydrogen-bond donors (Lipinski definition) is 0. The zero-order valence-electron chi connectivity index (χ0n) is 42.5. The number of benzene rings is 8. The number of aromatic nitrogens is 2. The molecule has 376 valence electrons. The largest absolute Gasteiger partial charge is 0.469 e. The van der Waals surface area contributed by atoms with E-state index in [0.717, 1.165) is 93.1 Å². The van der Waals surface area contributed by atoms with Crippen molar-refractivity contribution in [3.8, 4) is 62.9 Å². The first-order valence-corrected chi connectivity index (χ1v) is 29.0. The van der Waals surface area contributed by atoms with Crippen molar-refractivity contribution < 1.29 is 9.53 Å². The molecular weight excluding hydrogens is 1020 g/mol. The molecule has 0 fully saturated rings. The minimum atomic E-state index is -0.206. The van der Waals surface area contributed by atoms with Gasteiger partial charge in [-0.1, -0.05) is 169 Å². The van der Waals surface area contributed by atoms with E-state index in [-0.39, 0.29) is 5.97 Å². The highest BCUT2D eigenvalue weighted by molar-refractivity contribution is 7.32. The van der Waals surface area contributed by atoms with Crippen LogP contribution in [0.4, 0.5) is 34.1 Å². The summed E-state index contributed by atoms with van der Waals surface area (Å²) in [7, 11) is 1.43. The number of nitrogens with zero attached hydrogens (tertiary/aromatic N) is 4. The Morgan fingerprint density at radius 3 is 1.06 bits per heavy atom. The first-order valence-electron chi connectivity index (χ1n) is 25.8. The molecule has 0 saturated heterocycles. The fraction of sp³-hybridized carbons (Fsp3) is 0.0896. The molecule has 0 aliphatic rings. The van der Waals surface area contributed by atoms with Gasteiger partial charge in [0.25, 0.3) is 0 Å². The summed E-state index contributed by atoms with van der Waals surface area (Å²) >= 11 is 6.84. The van der Waals surface area contributed by atoms with Gasteiger partial charge < -0.3 is 14.5 Å². The summed E-state index contributed by atoms with van der Waals surface area (Å²) in [4.78, 5) is 33.3. The van der Waals surface area contributed by atoms with Crippen LogP contribution < -0.4 is 9.80 Å². The van der Waals surface area contributed by atoms with Gasteiger partial charge in [-0.3, -0.25) is 4.79 Å². The predicted molar refractivity (Wildman–Crippen MR) is 327 cm³/mol. The van der Waals surface area contributed by atoms with Crippen LogP contribution in [-0.4, -0.2) is 23.0 Å². The number of anilines is 6. The Labute approximate surface area is 465 Å². The number of hydrogen-bond acceptors (Lipinski definition) is 10. The average Bonchev–Trinajstić information content (AvgIpc) is 4.37. The van der Waals surface area contributed by atoms with Gasteiger partial charge >= 0.3 is 5.97 Å². The van der Waals surface area contributed by atoms with Crippen LogP contribution in [-0.2, 0) is 22.4 Å². The number of carbonyl (C=O) groups excluding carboxylic acids is 1. The molecule has 0 aliphatic heterocycles. The van der Waals surface area contributed by atoms with Gasteiger partial charge in [0.15, 0.2) is 9.66 Å². The Morgan fingerprint density at radius 2 is 0.701 bits per heavy atom. The molecule has 12 aromatic rings.